The first-order chi connectivity index (χ1) is 16.7. The topological polar surface area (TPSA) is 54.6 Å². The fraction of sp³-hybridized carbons (Fsp3) is 0.607. The van der Waals surface area contributed by atoms with Gasteiger partial charge in [0.1, 0.15) is 0 Å². The number of hydrogen-bond acceptors (Lipinski definition) is 5. The maximum absolute atomic E-state index is 12.9. The lowest BCUT2D eigenvalue weighted by Crippen LogP contribution is -2.44. The van der Waals surface area contributed by atoms with Crippen LogP contribution in [0.25, 0.3) is 5.57 Å². The molecule has 1 aromatic heterocycles. The largest absolute Gasteiger partial charge is 0.573 e. The lowest BCUT2D eigenvalue weighted by molar-refractivity contribution is -0.274. The number of aromatic nitrogens is 1. The maximum atomic E-state index is 12.9. The van der Waals surface area contributed by atoms with Gasteiger partial charge in [-0.2, -0.15) is 0 Å². The molecule has 2 N–H and O–H groups in total. The molecule has 0 aliphatic heterocycles. The number of pyridine rings is 1. The van der Waals surface area contributed by atoms with E-state index in [0.29, 0.717) is 12.0 Å². The molecule has 0 fully saturated rings. The third kappa shape index (κ3) is 7.93. The summed E-state index contributed by atoms with van der Waals surface area (Å²) in [4.78, 5) is 8.65. The molecule has 36 heavy (non-hydrogen) atoms. The van der Waals surface area contributed by atoms with Gasteiger partial charge in [0.25, 0.3) is 0 Å². The summed E-state index contributed by atoms with van der Waals surface area (Å²) in [7, 11) is 0. The summed E-state index contributed by atoms with van der Waals surface area (Å²) in [6, 6.07) is 1.47. The van der Waals surface area contributed by atoms with E-state index in [0.717, 1.165) is 50.0 Å². The van der Waals surface area contributed by atoms with Gasteiger partial charge in [0, 0.05) is 48.9 Å². The average molecular weight is 509 g/mol. The van der Waals surface area contributed by atoms with E-state index in [1.54, 1.807) is 0 Å². The van der Waals surface area contributed by atoms with E-state index in [1.807, 2.05) is 13.1 Å². The number of allylic oxidation sites excluding steroid dienone is 2. The van der Waals surface area contributed by atoms with Crippen LogP contribution in [0.1, 0.15) is 86.1 Å². The second-order valence-electron chi connectivity index (χ2n) is 10.7. The third-order valence-corrected chi connectivity index (χ3v) is 6.30. The van der Waals surface area contributed by atoms with Crippen molar-refractivity contribution in [1.82, 2.24) is 14.8 Å². The summed E-state index contributed by atoms with van der Waals surface area (Å²) >= 11 is 0. The van der Waals surface area contributed by atoms with Crippen molar-refractivity contribution in [2.75, 3.05) is 18.8 Å². The number of alkyl halides is 3. The summed E-state index contributed by atoms with van der Waals surface area (Å²) in [6.45, 7) is 21.5. The zero-order chi connectivity index (χ0) is 27.3. The van der Waals surface area contributed by atoms with Crippen LogP contribution in [0.3, 0.4) is 0 Å². The highest BCUT2D eigenvalue weighted by atomic mass is 19.4. The lowest BCUT2D eigenvalue weighted by atomic mass is 9.84. The molecule has 1 aliphatic carbocycles. The molecule has 0 spiro atoms. The normalized spacial score (nSPS) is 16.6. The van der Waals surface area contributed by atoms with Crippen LogP contribution in [0.2, 0.25) is 0 Å². The Morgan fingerprint density at radius 2 is 1.81 bits per heavy atom. The van der Waals surface area contributed by atoms with Gasteiger partial charge in [0.05, 0.1) is 6.04 Å². The number of ether oxygens (including phenoxy) is 1. The van der Waals surface area contributed by atoms with Gasteiger partial charge in [-0.05, 0) is 55.2 Å². The van der Waals surface area contributed by atoms with Crippen molar-refractivity contribution in [3.8, 4) is 5.75 Å². The Balaban J connectivity index is 2.49. The maximum Gasteiger partial charge on any atom is 0.573 e. The van der Waals surface area contributed by atoms with Crippen molar-refractivity contribution < 1.29 is 17.9 Å². The van der Waals surface area contributed by atoms with Crippen LogP contribution in [0.5, 0.6) is 5.75 Å². The van der Waals surface area contributed by atoms with Crippen LogP contribution in [0, 0.1) is 5.41 Å². The summed E-state index contributed by atoms with van der Waals surface area (Å²) in [5.74, 6) is -0.786. The minimum Gasteiger partial charge on any atom is -0.402 e. The second-order valence-corrected chi connectivity index (χ2v) is 10.7. The highest BCUT2D eigenvalue weighted by Crippen LogP contribution is 2.40. The molecule has 0 amide bonds. The fourth-order valence-electron chi connectivity index (χ4n) is 4.65. The number of anilines is 1. The van der Waals surface area contributed by atoms with Crippen molar-refractivity contribution in [1.29, 1.82) is 0 Å². The molecule has 1 heterocycles. The molecule has 1 atom stereocenters. The zero-order valence-corrected chi connectivity index (χ0v) is 22.9. The predicted molar refractivity (Wildman–Crippen MR) is 142 cm³/mol. The molecule has 5 nitrogen and oxygen atoms in total. The first-order valence-electron chi connectivity index (χ1n) is 12.8. The van der Waals surface area contributed by atoms with Gasteiger partial charge < -0.3 is 20.3 Å². The van der Waals surface area contributed by atoms with Crippen LogP contribution in [-0.2, 0) is 0 Å². The van der Waals surface area contributed by atoms with E-state index in [2.05, 4.69) is 67.6 Å². The molecule has 0 aromatic carbocycles. The lowest BCUT2D eigenvalue weighted by Gasteiger charge is -2.46. The standard InChI is InChI=1S/C28H43F3N4O/c1-9-12-34(13-10-2)23-15-24(20(23)5)35(19(4)16-27(6,7)8)18-21(11-3)22-14-25(26(32)33-17-22)36-28(29,30)31/h14,17-18,24H,4,9-13,15-16H2,1-3,5-8H3,(H2,32,33)/b21-18+. The molecule has 2 rings (SSSR count). The molecule has 8 heteroatoms. The van der Waals surface area contributed by atoms with E-state index in [9.17, 15) is 13.2 Å². The number of nitrogens with two attached hydrogens (primary N) is 1. The van der Waals surface area contributed by atoms with Gasteiger partial charge in [-0.15, -0.1) is 13.2 Å². The molecule has 1 aliphatic rings. The number of nitrogen functional groups attached to an aromatic ring is 1. The molecule has 0 bridgehead atoms. The molecule has 0 saturated carbocycles. The first-order valence-corrected chi connectivity index (χ1v) is 12.8. The number of rotatable bonds is 12. The highest BCUT2D eigenvalue weighted by molar-refractivity contribution is 5.68. The average Bonchev–Trinajstić information content (AvgIpc) is 2.75. The summed E-state index contributed by atoms with van der Waals surface area (Å²) in [5, 5.41) is 0. The Hall–Kier alpha value is -2.64. The van der Waals surface area contributed by atoms with Crippen molar-refractivity contribution >= 4 is 11.4 Å². The van der Waals surface area contributed by atoms with Crippen molar-refractivity contribution in [3.63, 3.8) is 0 Å². The molecule has 0 saturated heterocycles. The summed E-state index contributed by atoms with van der Waals surface area (Å²) in [5.41, 5.74) is 10.7. The van der Waals surface area contributed by atoms with Crippen LogP contribution < -0.4 is 10.5 Å². The van der Waals surface area contributed by atoms with Crippen molar-refractivity contribution in [2.45, 2.75) is 93.0 Å². The Morgan fingerprint density at radius 1 is 1.19 bits per heavy atom. The smallest absolute Gasteiger partial charge is 0.402 e. The fourth-order valence-corrected chi connectivity index (χ4v) is 4.65. The summed E-state index contributed by atoms with van der Waals surface area (Å²) in [6.07, 6.45) is 3.15. The number of nitrogens with zero attached hydrogens (tertiary/aromatic N) is 3. The molecular weight excluding hydrogens is 465 g/mol. The van der Waals surface area contributed by atoms with Gasteiger partial charge in [-0.3, -0.25) is 0 Å². The number of hydrogen-bond donors (Lipinski definition) is 1. The zero-order valence-electron chi connectivity index (χ0n) is 22.9. The predicted octanol–water partition coefficient (Wildman–Crippen LogP) is 7.73. The molecule has 1 unspecified atom stereocenters. The minimum absolute atomic E-state index is 0.0344. The first kappa shape index (κ1) is 29.6. The Bertz CT molecular complexity index is 970. The third-order valence-electron chi connectivity index (χ3n) is 6.30. The van der Waals surface area contributed by atoms with Gasteiger partial charge >= 0.3 is 6.36 Å². The van der Waals surface area contributed by atoms with Gasteiger partial charge in [0.15, 0.2) is 11.6 Å². The quantitative estimate of drug-likeness (QED) is 0.313. The van der Waals surface area contributed by atoms with Crippen molar-refractivity contribution in [2.24, 2.45) is 5.41 Å². The molecule has 202 valence electrons. The monoisotopic (exact) mass is 508 g/mol. The number of halogens is 3. The van der Waals surface area contributed by atoms with Crippen LogP contribution in [0.4, 0.5) is 19.0 Å². The van der Waals surface area contributed by atoms with Crippen molar-refractivity contribution in [3.05, 3.63) is 47.6 Å². The van der Waals surface area contributed by atoms with E-state index in [4.69, 9.17) is 5.73 Å². The van der Waals surface area contributed by atoms with Crippen LogP contribution >= 0.6 is 0 Å². The van der Waals surface area contributed by atoms with Gasteiger partial charge in [-0.1, -0.05) is 48.1 Å². The summed E-state index contributed by atoms with van der Waals surface area (Å²) < 4.78 is 42.7. The highest BCUT2D eigenvalue weighted by Gasteiger charge is 2.35. The molecular formula is C28H43F3N4O. The van der Waals surface area contributed by atoms with E-state index < -0.39 is 12.1 Å². The second kappa shape index (κ2) is 12.1. The van der Waals surface area contributed by atoms with E-state index >= 15 is 0 Å². The van der Waals surface area contributed by atoms with E-state index in [-0.39, 0.29) is 17.3 Å². The van der Waals surface area contributed by atoms with Crippen LogP contribution in [-0.4, -0.2) is 40.3 Å². The molecule has 0 radical (unpaired) electrons. The Kier molecular flexibility index (Phi) is 9.92. The Morgan fingerprint density at radius 3 is 2.28 bits per heavy atom. The molecule has 1 aromatic rings. The van der Waals surface area contributed by atoms with Gasteiger partial charge in [0.2, 0.25) is 0 Å². The van der Waals surface area contributed by atoms with E-state index in [1.165, 1.54) is 23.5 Å². The van der Waals surface area contributed by atoms with Crippen LogP contribution in [0.15, 0.2) is 42.0 Å². The van der Waals surface area contributed by atoms with Gasteiger partial charge in [-0.25, -0.2) is 4.98 Å². The minimum atomic E-state index is -4.84. The Labute approximate surface area is 214 Å². The SMILES string of the molecule is C=C(CC(C)(C)C)N(/C=C(\CC)c1cnc(N)c(OC(F)(F)F)c1)C1CC(N(CCC)CCC)=C1C.